The molecule has 9 heteroatoms. The normalized spacial score (nSPS) is 10.1. The maximum atomic E-state index is 8.52. The first-order valence-electron chi connectivity index (χ1n) is 9.18. The number of allylic oxidation sites excluding steroid dienone is 1. The number of alkyl halides is 1. The van der Waals surface area contributed by atoms with Gasteiger partial charge in [0, 0.05) is 27.5 Å². The first-order valence-corrected chi connectivity index (χ1v) is 19.3. The minimum atomic E-state index is -0.183. The van der Waals surface area contributed by atoms with Gasteiger partial charge in [-0.1, -0.05) is 108 Å². The van der Waals surface area contributed by atoms with Crippen molar-refractivity contribution in [3.05, 3.63) is 80.8 Å². The number of benzene rings is 2. The van der Waals surface area contributed by atoms with Gasteiger partial charge in [0.25, 0.3) is 0 Å². The van der Waals surface area contributed by atoms with E-state index >= 15 is 0 Å². The molecule has 0 unspecified atom stereocenters. The van der Waals surface area contributed by atoms with Gasteiger partial charge < -0.3 is 9.84 Å². The van der Waals surface area contributed by atoms with E-state index in [0.29, 0.717) is 0 Å². The van der Waals surface area contributed by atoms with Crippen LogP contribution in [-0.2, 0) is 4.74 Å². The molecular weight excluding hydrogens is 807 g/mol. The molecule has 0 saturated heterocycles. The van der Waals surface area contributed by atoms with Crippen LogP contribution in [0, 0.1) is 0 Å². The summed E-state index contributed by atoms with van der Waals surface area (Å²) in [5.41, 5.74) is 2.30. The summed E-state index contributed by atoms with van der Waals surface area (Å²) < 4.78 is 6.83. The van der Waals surface area contributed by atoms with Crippen LogP contribution in [0.1, 0.15) is 25.0 Å². The molecule has 0 aliphatic carbocycles. The van der Waals surface area contributed by atoms with Crippen molar-refractivity contribution in [3.8, 4) is 0 Å². The fraction of sp³-hybridized carbons (Fsp3) is 0.273. The van der Waals surface area contributed by atoms with Crippen LogP contribution in [0.3, 0.4) is 0 Å². The number of halogens is 6. The summed E-state index contributed by atoms with van der Waals surface area (Å²) in [6, 6.07) is 16.0. The highest BCUT2D eigenvalue weighted by molar-refractivity contribution is 9.93. The molecule has 2 aromatic carbocycles. The largest absolute Gasteiger partial charge is 0.392 e. The second kappa shape index (κ2) is 25.8. The van der Waals surface area contributed by atoms with Gasteiger partial charge in [-0.15, -0.1) is 0 Å². The first-order chi connectivity index (χ1) is 14.8. The van der Waals surface area contributed by atoms with Crippen molar-refractivity contribution in [1.82, 2.24) is 0 Å². The minimum absolute atomic E-state index is 0.0847. The summed E-state index contributed by atoms with van der Waals surface area (Å²) in [5, 5.41) is 9.41. The Morgan fingerprint density at radius 2 is 1.19 bits per heavy atom. The van der Waals surface area contributed by atoms with Gasteiger partial charge in [-0.05, 0) is 83.6 Å². The molecular formula is C22H27Br6O2P. The molecule has 1 N–H and O–H groups in total. The van der Waals surface area contributed by atoms with Gasteiger partial charge in [0.15, 0.2) is 0 Å². The van der Waals surface area contributed by atoms with E-state index in [1.807, 2.05) is 62.4 Å². The molecule has 0 spiro atoms. The van der Waals surface area contributed by atoms with Gasteiger partial charge in [-0.3, -0.25) is 0 Å². The SMILES string of the molecule is BrCC=Cc1ccccc1Br.BrP(Br)Br.CCOCC.OCC=Cc1ccccc1Br. The number of ether oxygens (including phenoxy) is 1. The molecule has 31 heavy (non-hydrogen) atoms. The van der Waals surface area contributed by atoms with Crippen molar-refractivity contribution >= 4 is 110 Å². The zero-order valence-corrected chi connectivity index (χ0v) is 27.7. The third kappa shape index (κ3) is 24.1. The molecule has 0 bridgehead atoms. The van der Waals surface area contributed by atoms with E-state index in [2.05, 4.69) is 112 Å². The van der Waals surface area contributed by atoms with Gasteiger partial charge in [-0.25, -0.2) is 0 Å². The monoisotopic (exact) mass is 828 g/mol. The molecule has 2 rings (SSSR count). The summed E-state index contributed by atoms with van der Waals surface area (Å²) in [4.78, 5) is 0. The van der Waals surface area contributed by atoms with Crippen LogP contribution in [0.25, 0.3) is 12.2 Å². The van der Waals surface area contributed by atoms with Crippen molar-refractivity contribution in [3.63, 3.8) is 0 Å². The summed E-state index contributed by atoms with van der Waals surface area (Å²) in [5.74, 6) is 0. The second-order valence-electron chi connectivity index (χ2n) is 5.16. The highest BCUT2D eigenvalue weighted by Gasteiger charge is 1.91. The number of hydrogen-bond acceptors (Lipinski definition) is 2. The molecule has 2 aromatic rings. The van der Waals surface area contributed by atoms with Crippen LogP contribution in [0.4, 0.5) is 0 Å². The predicted octanol–water partition coefficient (Wildman–Crippen LogP) is 10.8. The molecule has 0 aromatic heterocycles. The zero-order chi connectivity index (χ0) is 23.9. The quantitative estimate of drug-likeness (QED) is 0.232. The highest BCUT2D eigenvalue weighted by atomic mass is 80.0. The zero-order valence-electron chi connectivity index (χ0n) is 17.3. The van der Waals surface area contributed by atoms with Crippen molar-refractivity contribution < 1.29 is 9.84 Å². The van der Waals surface area contributed by atoms with E-state index < -0.39 is 0 Å². The summed E-state index contributed by atoms with van der Waals surface area (Å²) in [6.45, 7) is 5.75. The van der Waals surface area contributed by atoms with E-state index in [1.54, 1.807) is 6.08 Å². The molecule has 0 fully saturated rings. The molecule has 0 saturated carbocycles. The molecule has 0 radical (unpaired) electrons. The molecule has 0 aliphatic heterocycles. The van der Waals surface area contributed by atoms with E-state index in [9.17, 15) is 0 Å². The van der Waals surface area contributed by atoms with E-state index in [0.717, 1.165) is 33.1 Å². The van der Waals surface area contributed by atoms with E-state index in [1.165, 1.54) is 5.56 Å². The van der Waals surface area contributed by atoms with Gasteiger partial charge in [-0.2, -0.15) is 0 Å². The minimum Gasteiger partial charge on any atom is -0.392 e. The van der Waals surface area contributed by atoms with E-state index in [4.69, 9.17) is 9.84 Å². The Morgan fingerprint density at radius 3 is 1.48 bits per heavy atom. The fourth-order valence-corrected chi connectivity index (χ4v) is 2.80. The van der Waals surface area contributed by atoms with Crippen molar-refractivity contribution in [2.24, 2.45) is 0 Å². The van der Waals surface area contributed by atoms with E-state index in [-0.39, 0.29) is 10.6 Å². The Morgan fingerprint density at radius 1 is 0.806 bits per heavy atom. The van der Waals surface area contributed by atoms with Crippen molar-refractivity contribution in [2.75, 3.05) is 25.2 Å². The maximum Gasteiger partial charge on any atom is 0.103 e. The van der Waals surface area contributed by atoms with Crippen LogP contribution in [-0.4, -0.2) is 30.3 Å². The lowest BCUT2D eigenvalue weighted by atomic mass is 10.2. The standard InChI is InChI=1S/C9H8Br2.C9H9BrO.C4H10O.Br3P/c10-7-3-5-8-4-1-2-6-9(8)11;10-9-6-2-1-4-8(9)5-3-7-11;1-3-5-4-2;1-4(2)3/h1-6H,7H2;1-6,11H,7H2;3-4H2,1-2H3;. The van der Waals surface area contributed by atoms with Crippen molar-refractivity contribution in [1.29, 1.82) is 0 Å². The van der Waals surface area contributed by atoms with Gasteiger partial charge in [0.2, 0.25) is 0 Å². The number of aliphatic hydroxyl groups excluding tert-OH is 1. The average Bonchev–Trinajstić information content (AvgIpc) is 2.74. The summed E-state index contributed by atoms with van der Waals surface area (Å²) >= 11 is 19.7. The Labute approximate surface area is 237 Å². The van der Waals surface area contributed by atoms with Crippen LogP contribution >= 0.6 is 98.3 Å². The second-order valence-corrected chi connectivity index (χ2v) is 22.8. The van der Waals surface area contributed by atoms with Gasteiger partial charge in [0.1, 0.15) is 4.03 Å². The first kappa shape index (κ1) is 34.3. The lowest BCUT2D eigenvalue weighted by Crippen LogP contribution is -1.84. The third-order valence-electron chi connectivity index (χ3n) is 3.01. The molecule has 0 amide bonds. The Balaban J connectivity index is 0. The average molecular weight is 834 g/mol. The molecule has 0 atom stereocenters. The van der Waals surface area contributed by atoms with Crippen LogP contribution < -0.4 is 0 Å². The lowest BCUT2D eigenvalue weighted by molar-refractivity contribution is 0.162. The number of rotatable bonds is 6. The molecule has 0 heterocycles. The van der Waals surface area contributed by atoms with Gasteiger partial charge in [0.05, 0.1) is 6.61 Å². The van der Waals surface area contributed by atoms with Gasteiger partial charge >= 0.3 is 0 Å². The Bertz CT molecular complexity index is 666. The topological polar surface area (TPSA) is 29.5 Å². The fourth-order valence-electron chi connectivity index (χ4n) is 1.78. The molecule has 2 nitrogen and oxygen atoms in total. The van der Waals surface area contributed by atoms with Crippen LogP contribution in [0.2, 0.25) is 0 Å². The lowest BCUT2D eigenvalue weighted by Gasteiger charge is -1.95. The highest BCUT2D eigenvalue weighted by Crippen LogP contribution is 2.59. The smallest absolute Gasteiger partial charge is 0.103 e. The summed E-state index contributed by atoms with van der Waals surface area (Å²) in [6.07, 6.45) is 7.74. The Hall–Kier alpha value is 1.15. The molecule has 0 aliphatic rings. The maximum absolute atomic E-state index is 8.52. The van der Waals surface area contributed by atoms with Crippen LogP contribution in [0.5, 0.6) is 0 Å². The van der Waals surface area contributed by atoms with Crippen LogP contribution in [0.15, 0.2) is 69.6 Å². The van der Waals surface area contributed by atoms with Crippen molar-refractivity contribution in [2.45, 2.75) is 13.8 Å². The number of aliphatic hydroxyl groups is 1. The Kier molecular flexibility index (Phi) is 28.5. The molecule has 174 valence electrons. The number of hydrogen-bond donors (Lipinski definition) is 1. The third-order valence-corrected chi connectivity index (χ3v) is 4.83. The summed E-state index contributed by atoms with van der Waals surface area (Å²) in [7, 11) is 0. The predicted molar refractivity (Wildman–Crippen MR) is 163 cm³/mol.